The van der Waals surface area contributed by atoms with Gasteiger partial charge >= 0.3 is 0 Å². The van der Waals surface area contributed by atoms with Crippen molar-refractivity contribution in [2.24, 2.45) is 0 Å². The molecule has 35 heavy (non-hydrogen) atoms. The third-order valence-electron chi connectivity index (χ3n) is 5.53. The molecule has 1 N–H and O–H groups in total. The Bertz CT molecular complexity index is 1500. The summed E-state index contributed by atoms with van der Waals surface area (Å²) in [6, 6.07) is 21.3. The second-order valence-corrected chi connectivity index (χ2v) is 8.58. The molecule has 0 unspecified atom stereocenters. The lowest BCUT2D eigenvalue weighted by Gasteiger charge is -2.16. The Morgan fingerprint density at radius 2 is 1.80 bits per heavy atom. The number of aromatic nitrogens is 4. The molecule has 0 bridgehead atoms. The molecular formula is C27H23N5O2S. The van der Waals surface area contributed by atoms with Crippen molar-refractivity contribution in [1.29, 1.82) is 0 Å². The number of pyridine rings is 1. The van der Waals surface area contributed by atoms with E-state index in [1.165, 1.54) is 16.0 Å². The normalized spacial score (nSPS) is 10.8. The molecule has 3 heterocycles. The molecule has 0 atom stereocenters. The molecule has 2 aromatic carbocycles. The summed E-state index contributed by atoms with van der Waals surface area (Å²) in [5.74, 6) is 0.784. The predicted molar refractivity (Wildman–Crippen MR) is 140 cm³/mol. The van der Waals surface area contributed by atoms with E-state index in [2.05, 4.69) is 10.3 Å². The Labute approximate surface area is 206 Å². The van der Waals surface area contributed by atoms with Gasteiger partial charge in [0.2, 0.25) is 0 Å². The van der Waals surface area contributed by atoms with Crippen LogP contribution in [0.15, 0.2) is 89.3 Å². The Morgan fingerprint density at radius 1 is 1.00 bits per heavy atom. The van der Waals surface area contributed by atoms with Crippen molar-refractivity contribution in [3.8, 4) is 38.8 Å². The second kappa shape index (κ2) is 9.90. The van der Waals surface area contributed by atoms with E-state index in [0.29, 0.717) is 34.9 Å². The number of methoxy groups -OCH3 is 1. The summed E-state index contributed by atoms with van der Waals surface area (Å²) in [7, 11) is 1.64. The SMILES string of the molecule is CCn1nc(-c2ccccc2)c(-c2csc(-c3ccc(OC)cc3)n2)c(Nc2cccnc2)c1=O. The van der Waals surface area contributed by atoms with Crippen molar-refractivity contribution >= 4 is 22.7 Å². The molecule has 0 radical (unpaired) electrons. The number of ether oxygens (including phenoxy) is 1. The topological polar surface area (TPSA) is 81.9 Å². The summed E-state index contributed by atoms with van der Waals surface area (Å²) in [5, 5.41) is 10.8. The molecule has 7 nitrogen and oxygen atoms in total. The molecule has 0 amide bonds. The van der Waals surface area contributed by atoms with Crippen LogP contribution in [0.3, 0.4) is 0 Å². The zero-order chi connectivity index (χ0) is 24.2. The molecule has 3 aromatic heterocycles. The summed E-state index contributed by atoms with van der Waals surface area (Å²) in [6.07, 6.45) is 3.38. The summed E-state index contributed by atoms with van der Waals surface area (Å²) in [5.41, 5.74) is 4.81. The number of rotatable bonds is 7. The number of hydrogen-bond acceptors (Lipinski definition) is 7. The maximum atomic E-state index is 13.5. The number of aryl methyl sites for hydroxylation is 1. The van der Waals surface area contributed by atoms with E-state index in [-0.39, 0.29) is 5.56 Å². The Morgan fingerprint density at radius 3 is 2.49 bits per heavy atom. The van der Waals surface area contributed by atoms with E-state index < -0.39 is 0 Å². The lowest BCUT2D eigenvalue weighted by Crippen LogP contribution is -2.26. The van der Waals surface area contributed by atoms with Crippen LogP contribution in [0, 0.1) is 0 Å². The minimum atomic E-state index is -0.218. The summed E-state index contributed by atoms with van der Waals surface area (Å²) in [6.45, 7) is 2.34. The molecule has 174 valence electrons. The highest BCUT2D eigenvalue weighted by Crippen LogP contribution is 2.38. The largest absolute Gasteiger partial charge is 0.497 e. The van der Waals surface area contributed by atoms with Crippen LogP contribution >= 0.6 is 11.3 Å². The van der Waals surface area contributed by atoms with Crippen molar-refractivity contribution in [2.75, 3.05) is 12.4 Å². The predicted octanol–water partition coefficient (Wildman–Crippen LogP) is 5.87. The standard InChI is InChI=1S/C27H23N5O2S/c1-3-32-27(33)25(29-20-10-7-15-28-16-20)23(24(31-32)18-8-5-4-6-9-18)22-17-35-26(30-22)19-11-13-21(34-2)14-12-19/h4-17,29H,3H2,1-2H3. The van der Waals surface area contributed by atoms with Gasteiger partial charge in [-0.15, -0.1) is 11.3 Å². The Hall–Kier alpha value is -4.30. The van der Waals surface area contributed by atoms with E-state index in [1.807, 2.05) is 79.0 Å². The summed E-state index contributed by atoms with van der Waals surface area (Å²) < 4.78 is 6.75. The molecule has 0 aliphatic heterocycles. The molecule has 8 heteroatoms. The van der Waals surface area contributed by atoms with Gasteiger partial charge < -0.3 is 10.1 Å². The molecule has 0 spiro atoms. The highest BCUT2D eigenvalue weighted by molar-refractivity contribution is 7.13. The van der Waals surface area contributed by atoms with Crippen LogP contribution in [0.4, 0.5) is 11.4 Å². The van der Waals surface area contributed by atoms with Crippen LogP contribution in [0.5, 0.6) is 5.75 Å². The van der Waals surface area contributed by atoms with Gasteiger partial charge in [0.25, 0.3) is 5.56 Å². The molecule has 0 saturated carbocycles. The summed E-state index contributed by atoms with van der Waals surface area (Å²) >= 11 is 1.52. The fourth-order valence-corrected chi connectivity index (χ4v) is 4.60. The van der Waals surface area contributed by atoms with Crippen LogP contribution in [0.1, 0.15) is 6.92 Å². The van der Waals surface area contributed by atoms with E-state index >= 15 is 0 Å². The zero-order valence-corrected chi connectivity index (χ0v) is 20.1. The van der Waals surface area contributed by atoms with Gasteiger partial charge in [-0.2, -0.15) is 5.10 Å². The number of nitrogens with zero attached hydrogens (tertiary/aromatic N) is 4. The fraction of sp³-hybridized carbons (Fsp3) is 0.111. The highest BCUT2D eigenvalue weighted by atomic mass is 32.1. The molecule has 0 aliphatic carbocycles. The first-order valence-corrected chi connectivity index (χ1v) is 12.0. The number of benzene rings is 2. The molecule has 0 aliphatic rings. The average molecular weight is 482 g/mol. The van der Waals surface area contributed by atoms with Crippen LogP contribution in [-0.2, 0) is 6.54 Å². The minimum Gasteiger partial charge on any atom is -0.497 e. The van der Waals surface area contributed by atoms with Gasteiger partial charge in [-0.1, -0.05) is 30.3 Å². The molecule has 5 rings (SSSR count). The third-order valence-corrected chi connectivity index (χ3v) is 6.42. The van der Waals surface area contributed by atoms with Crippen molar-refractivity contribution in [3.63, 3.8) is 0 Å². The smallest absolute Gasteiger partial charge is 0.291 e. The van der Waals surface area contributed by atoms with Gasteiger partial charge in [0.1, 0.15) is 22.1 Å². The van der Waals surface area contributed by atoms with Crippen molar-refractivity contribution in [1.82, 2.24) is 19.7 Å². The van der Waals surface area contributed by atoms with Crippen molar-refractivity contribution < 1.29 is 4.74 Å². The van der Waals surface area contributed by atoms with Gasteiger partial charge in [-0.25, -0.2) is 9.67 Å². The minimum absolute atomic E-state index is 0.218. The van der Waals surface area contributed by atoms with Crippen molar-refractivity contribution in [2.45, 2.75) is 13.5 Å². The van der Waals surface area contributed by atoms with E-state index in [1.54, 1.807) is 19.5 Å². The van der Waals surface area contributed by atoms with Crippen LogP contribution < -0.4 is 15.6 Å². The van der Waals surface area contributed by atoms with Gasteiger partial charge in [-0.3, -0.25) is 9.78 Å². The molecule has 0 saturated heterocycles. The first-order chi connectivity index (χ1) is 17.2. The van der Waals surface area contributed by atoms with Crippen molar-refractivity contribution in [3.05, 3.63) is 94.9 Å². The first kappa shape index (κ1) is 22.5. The van der Waals surface area contributed by atoms with Gasteiger partial charge in [-0.05, 0) is 43.3 Å². The number of anilines is 2. The highest BCUT2D eigenvalue weighted by Gasteiger charge is 2.22. The zero-order valence-electron chi connectivity index (χ0n) is 19.3. The van der Waals surface area contributed by atoms with Gasteiger partial charge in [0.15, 0.2) is 0 Å². The molecule has 5 aromatic rings. The maximum Gasteiger partial charge on any atom is 0.291 e. The van der Waals surface area contributed by atoms with Crippen LogP contribution in [0.25, 0.3) is 33.1 Å². The monoisotopic (exact) mass is 481 g/mol. The number of hydrogen-bond donors (Lipinski definition) is 1. The average Bonchev–Trinajstić information content (AvgIpc) is 3.40. The maximum absolute atomic E-state index is 13.5. The second-order valence-electron chi connectivity index (χ2n) is 7.72. The number of nitrogens with one attached hydrogen (secondary N) is 1. The van der Waals surface area contributed by atoms with Crippen LogP contribution in [0.2, 0.25) is 0 Å². The van der Waals surface area contributed by atoms with Crippen LogP contribution in [-0.4, -0.2) is 26.9 Å². The Balaban J connectivity index is 1.72. The molecular weight excluding hydrogens is 458 g/mol. The Kier molecular flexibility index (Phi) is 6.36. The lowest BCUT2D eigenvalue weighted by molar-refractivity contribution is 0.415. The van der Waals surface area contributed by atoms with E-state index in [4.69, 9.17) is 14.8 Å². The third kappa shape index (κ3) is 4.56. The fourth-order valence-electron chi connectivity index (χ4n) is 3.78. The van der Waals surface area contributed by atoms with E-state index in [0.717, 1.165) is 21.9 Å². The molecule has 0 fully saturated rings. The lowest BCUT2D eigenvalue weighted by atomic mass is 10.0. The summed E-state index contributed by atoms with van der Waals surface area (Å²) in [4.78, 5) is 22.6. The van der Waals surface area contributed by atoms with Gasteiger partial charge in [0, 0.05) is 29.2 Å². The quantitative estimate of drug-likeness (QED) is 0.313. The van der Waals surface area contributed by atoms with Gasteiger partial charge in [0.05, 0.1) is 30.3 Å². The van der Waals surface area contributed by atoms with E-state index in [9.17, 15) is 4.79 Å². The first-order valence-electron chi connectivity index (χ1n) is 11.2. The number of thiazole rings is 1.